The van der Waals surface area contributed by atoms with Crippen LogP contribution >= 0.6 is 11.3 Å². The molecule has 0 aliphatic heterocycles. The van der Waals surface area contributed by atoms with Gasteiger partial charge in [0.2, 0.25) is 0 Å². The Labute approximate surface area is 147 Å². The van der Waals surface area contributed by atoms with Crippen molar-refractivity contribution in [2.24, 2.45) is 0 Å². The van der Waals surface area contributed by atoms with E-state index in [-0.39, 0.29) is 11.0 Å². The highest BCUT2D eigenvalue weighted by Crippen LogP contribution is 2.26. The molecule has 0 saturated heterocycles. The van der Waals surface area contributed by atoms with E-state index in [1.165, 1.54) is 11.3 Å². The summed E-state index contributed by atoms with van der Waals surface area (Å²) < 4.78 is 5.67. The summed E-state index contributed by atoms with van der Waals surface area (Å²) in [6.07, 6.45) is 3.85. The molecule has 4 nitrogen and oxygen atoms in total. The Hall–Kier alpha value is -2.11. The summed E-state index contributed by atoms with van der Waals surface area (Å²) in [5, 5.41) is 0. The number of aromatic nitrogens is 1. The molecule has 0 aliphatic rings. The van der Waals surface area contributed by atoms with E-state index in [1.807, 2.05) is 50.3 Å². The predicted molar refractivity (Wildman–Crippen MR) is 102 cm³/mol. The molecule has 1 heterocycles. The molecular weight excluding hydrogens is 320 g/mol. The van der Waals surface area contributed by atoms with E-state index < -0.39 is 0 Å². The highest BCUT2D eigenvalue weighted by atomic mass is 32.1. The lowest BCUT2D eigenvalue weighted by molar-refractivity contribution is 0.242. The Morgan fingerprint density at radius 3 is 2.38 bits per heavy atom. The van der Waals surface area contributed by atoms with E-state index in [0.29, 0.717) is 6.54 Å². The van der Waals surface area contributed by atoms with Crippen LogP contribution in [0.15, 0.2) is 54.4 Å². The van der Waals surface area contributed by atoms with Crippen molar-refractivity contribution in [3.05, 3.63) is 64.1 Å². The normalized spacial score (nSPS) is 11.0. The summed E-state index contributed by atoms with van der Waals surface area (Å²) in [7, 11) is 0. The van der Waals surface area contributed by atoms with Crippen molar-refractivity contribution in [1.82, 2.24) is 9.88 Å². The van der Waals surface area contributed by atoms with Gasteiger partial charge in [-0.05, 0) is 43.7 Å². The zero-order chi connectivity index (χ0) is 17.5. The minimum Gasteiger partial charge on any atom is -0.491 e. The van der Waals surface area contributed by atoms with Crippen LogP contribution in [0.4, 0.5) is 0 Å². The topological polar surface area (TPSA) is 45.3 Å². The third-order valence-electron chi connectivity index (χ3n) is 3.38. The van der Waals surface area contributed by atoms with Gasteiger partial charge in [-0.3, -0.25) is 9.69 Å². The van der Waals surface area contributed by atoms with Crippen LogP contribution in [0.25, 0.3) is 11.3 Å². The van der Waals surface area contributed by atoms with Crippen molar-refractivity contribution >= 4 is 11.3 Å². The van der Waals surface area contributed by atoms with Gasteiger partial charge in [0.1, 0.15) is 5.75 Å². The molecule has 128 valence electrons. The van der Waals surface area contributed by atoms with Crippen LogP contribution in [0.5, 0.6) is 5.75 Å². The first kappa shape index (κ1) is 18.2. The summed E-state index contributed by atoms with van der Waals surface area (Å²) in [6.45, 7) is 13.7. The second-order valence-corrected chi connectivity index (χ2v) is 6.84. The van der Waals surface area contributed by atoms with E-state index >= 15 is 0 Å². The van der Waals surface area contributed by atoms with Crippen molar-refractivity contribution in [2.45, 2.75) is 26.5 Å². The van der Waals surface area contributed by atoms with Crippen LogP contribution in [0, 0.1) is 0 Å². The number of rotatable bonds is 9. The van der Waals surface area contributed by atoms with Gasteiger partial charge in [-0.2, -0.15) is 0 Å². The van der Waals surface area contributed by atoms with Crippen molar-refractivity contribution in [1.29, 1.82) is 0 Å². The number of benzene rings is 1. The van der Waals surface area contributed by atoms with Crippen molar-refractivity contribution in [2.75, 3.05) is 13.1 Å². The number of hydrogen-bond acceptors (Lipinski definition) is 4. The van der Waals surface area contributed by atoms with Gasteiger partial charge in [-0.15, -0.1) is 13.2 Å². The molecule has 24 heavy (non-hydrogen) atoms. The van der Waals surface area contributed by atoms with Gasteiger partial charge >= 0.3 is 4.87 Å². The summed E-state index contributed by atoms with van der Waals surface area (Å²) in [5.74, 6) is 0.827. The summed E-state index contributed by atoms with van der Waals surface area (Å²) in [6, 6.07) is 7.82. The number of aromatic amines is 1. The average molecular weight is 344 g/mol. The number of nitrogens with one attached hydrogen (secondary N) is 1. The van der Waals surface area contributed by atoms with Gasteiger partial charge in [0, 0.05) is 24.5 Å². The maximum atomic E-state index is 11.9. The lowest BCUT2D eigenvalue weighted by Crippen LogP contribution is -2.23. The molecule has 0 unspecified atom stereocenters. The summed E-state index contributed by atoms with van der Waals surface area (Å²) in [4.78, 5) is 18.0. The number of thiazole rings is 1. The minimum atomic E-state index is -0.0420. The van der Waals surface area contributed by atoms with Gasteiger partial charge < -0.3 is 9.72 Å². The molecule has 0 fully saturated rings. The van der Waals surface area contributed by atoms with Gasteiger partial charge in [-0.25, -0.2) is 0 Å². The first-order chi connectivity index (χ1) is 11.5. The Balaban J connectivity index is 2.25. The molecule has 0 spiro atoms. The Morgan fingerprint density at radius 2 is 1.83 bits per heavy atom. The monoisotopic (exact) mass is 344 g/mol. The molecule has 0 bridgehead atoms. The average Bonchev–Trinajstić information content (AvgIpc) is 2.88. The van der Waals surface area contributed by atoms with Crippen LogP contribution < -0.4 is 9.61 Å². The zero-order valence-electron chi connectivity index (χ0n) is 14.2. The lowest BCUT2D eigenvalue weighted by Gasteiger charge is -2.18. The number of nitrogens with zero attached hydrogens (tertiary/aromatic N) is 1. The van der Waals surface area contributed by atoms with Crippen LogP contribution in [0.1, 0.15) is 18.7 Å². The van der Waals surface area contributed by atoms with Gasteiger partial charge in [0.25, 0.3) is 0 Å². The summed E-state index contributed by atoms with van der Waals surface area (Å²) >= 11 is 1.25. The van der Waals surface area contributed by atoms with Crippen LogP contribution in [0.3, 0.4) is 0 Å². The fourth-order valence-corrected chi connectivity index (χ4v) is 3.34. The quantitative estimate of drug-likeness (QED) is 0.698. The fourth-order valence-electron chi connectivity index (χ4n) is 2.45. The third-order valence-corrected chi connectivity index (χ3v) is 4.25. The lowest BCUT2D eigenvalue weighted by atomic mass is 10.1. The zero-order valence-corrected chi connectivity index (χ0v) is 15.1. The highest BCUT2D eigenvalue weighted by molar-refractivity contribution is 7.09. The molecule has 1 aromatic heterocycles. The van der Waals surface area contributed by atoms with Crippen LogP contribution in [-0.2, 0) is 6.54 Å². The van der Waals surface area contributed by atoms with E-state index in [2.05, 4.69) is 23.0 Å². The molecule has 1 N–H and O–H groups in total. The van der Waals surface area contributed by atoms with Gasteiger partial charge in [0.05, 0.1) is 11.8 Å². The van der Waals surface area contributed by atoms with Crippen molar-refractivity contribution < 1.29 is 4.74 Å². The Kier molecular flexibility index (Phi) is 6.58. The smallest absolute Gasteiger partial charge is 0.305 e. The molecule has 0 radical (unpaired) electrons. The van der Waals surface area contributed by atoms with E-state index in [1.54, 1.807) is 0 Å². The van der Waals surface area contributed by atoms with Crippen LogP contribution in [-0.4, -0.2) is 29.1 Å². The Bertz CT molecular complexity index is 719. The standard InChI is InChI=1S/C19H24N2O2S/c1-5-11-21(12-6-2)13-17-18(20-19(22)24-17)15-7-9-16(10-8-15)23-14(3)4/h5-10,14H,1-2,11-13H2,3-4H3,(H,20,22). The molecule has 2 rings (SSSR count). The van der Waals surface area contributed by atoms with Crippen molar-refractivity contribution in [3.63, 3.8) is 0 Å². The van der Waals surface area contributed by atoms with Gasteiger partial charge in [0.15, 0.2) is 0 Å². The maximum Gasteiger partial charge on any atom is 0.305 e. The van der Waals surface area contributed by atoms with E-state index in [9.17, 15) is 4.79 Å². The van der Waals surface area contributed by atoms with E-state index in [4.69, 9.17) is 4.74 Å². The largest absolute Gasteiger partial charge is 0.491 e. The molecule has 2 aromatic rings. The first-order valence-corrected chi connectivity index (χ1v) is 8.78. The molecule has 0 amide bonds. The molecule has 0 atom stereocenters. The number of H-pyrrole nitrogens is 1. The molecule has 0 saturated carbocycles. The predicted octanol–water partition coefficient (Wildman–Crippen LogP) is 4.06. The number of ether oxygens (including phenoxy) is 1. The highest BCUT2D eigenvalue weighted by Gasteiger charge is 2.13. The molecule has 0 aliphatic carbocycles. The van der Waals surface area contributed by atoms with Crippen LogP contribution in [0.2, 0.25) is 0 Å². The van der Waals surface area contributed by atoms with Gasteiger partial charge in [-0.1, -0.05) is 23.5 Å². The second-order valence-electron chi connectivity index (χ2n) is 5.78. The molecular formula is C19H24N2O2S. The fraction of sp³-hybridized carbons (Fsp3) is 0.316. The Morgan fingerprint density at radius 1 is 1.21 bits per heavy atom. The molecule has 5 heteroatoms. The second kappa shape index (κ2) is 8.66. The maximum absolute atomic E-state index is 11.9. The van der Waals surface area contributed by atoms with Crippen molar-refractivity contribution in [3.8, 4) is 17.0 Å². The first-order valence-electron chi connectivity index (χ1n) is 7.96. The number of hydrogen-bond donors (Lipinski definition) is 1. The van der Waals surface area contributed by atoms with E-state index in [0.717, 1.165) is 35.0 Å². The molecule has 1 aromatic carbocycles. The minimum absolute atomic E-state index is 0.0420. The SMILES string of the molecule is C=CCN(CC=C)Cc1sc(=O)[nH]c1-c1ccc(OC(C)C)cc1. The summed E-state index contributed by atoms with van der Waals surface area (Å²) in [5.41, 5.74) is 1.86. The third kappa shape index (κ3) is 4.94.